The maximum atomic E-state index is 12.5. The Bertz CT molecular complexity index is 934. The van der Waals surface area contributed by atoms with Crippen LogP contribution in [0, 0.1) is 20.8 Å². The van der Waals surface area contributed by atoms with Gasteiger partial charge in [-0.3, -0.25) is 14.5 Å². The van der Waals surface area contributed by atoms with Crippen molar-refractivity contribution in [3.63, 3.8) is 0 Å². The van der Waals surface area contributed by atoms with E-state index in [1.807, 2.05) is 20.8 Å². The first-order valence-electron chi connectivity index (χ1n) is 10.8. The van der Waals surface area contributed by atoms with Gasteiger partial charge in [0.15, 0.2) is 6.29 Å². The number of fused-ring (bicyclic) bond motifs is 1. The molecular formula is C23H29NO7. The molecule has 3 heterocycles. The molecular weight excluding hydrogens is 402 g/mol. The fraction of sp³-hybridized carbons (Fsp3) is 0.609. The Labute approximate surface area is 181 Å². The number of carboxylic acid groups (broad SMARTS) is 1. The molecule has 0 aromatic heterocycles. The van der Waals surface area contributed by atoms with E-state index in [4.69, 9.17) is 14.2 Å². The maximum Gasteiger partial charge on any atom is 0.349 e. The van der Waals surface area contributed by atoms with Crippen LogP contribution in [0.25, 0.3) is 0 Å². The van der Waals surface area contributed by atoms with E-state index in [1.54, 1.807) is 0 Å². The van der Waals surface area contributed by atoms with E-state index >= 15 is 0 Å². The second-order valence-corrected chi connectivity index (χ2v) is 8.82. The molecule has 168 valence electrons. The number of aliphatic carboxylic acids is 1. The summed E-state index contributed by atoms with van der Waals surface area (Å²) in [5, 5.41) is 10.0. The van der Waals surface area contributed by atoms with Crippen molar-refractivity contribution in [3.8, 4) is 11.5 Å². The SMILES string of the molecule is Cc1c(C)c2c(c(C)c1OC1CCCCO1)CC(N1C(=O)CCC1=O)[C@](C)(C(=O)O)O2. The Morgan fingerprint density at radius 1 is 1.10 bits per heavy atom. The molecule has 3 aliphatic rings. The summed E-state index contributed by atoms with van der Waals surface area (Å²) in [5.74, 6) is -0.733. The molecule has 8 nitrogen and oxygen atoms in total. The van der Waals surface area contributed by atoms with E-state index in [1.165, 1.54) is 6.92 Å². The molecule has 0 saturated carbocycles. The van der Waals surface area contributed by atoms with Crippen LogP contribution in [0.3, 0.4) is 0 Å². The number of ether oxygens (including phenoxy) is 3. The van der Waals surface area contributed by atoms with Crippen molar-refractivity contribution >= 4 is 17.8 Å². The molecule has 3 atom stereocenters. The van der Waals surface area contributed by atoms with Crippen molar-refractivity contribution in [2.45, 2.75) is 84.2 Å². The number of carboxylic acids is 1. The molecule has 4 rings (SSSR count). The van der Waals surface area contributed by atoms with E-state index in [-0.39, 0.29) is 37.4 Å². The van der Waals surface area contributed by atoms with Gasteiger partial charge in [-0.05, 0) is 57.2 Å². The number of amides is 2. The van der Waals surface area contributed by atoms with Gasteiger partial charge in [0, 0.05) is 31.2 Å². The molecule has 1 aromatic carbocycles. The van der Waals surface area contributed by atoms with Gasteiger partial charge in [0.1, 0.15) is 11.5 Å². The molecule has 1 N–H and O–H groups in total. The third-order valence-corrected chi connectivity index (χ3v) is 6.87. The summed E-state index contributed by atoms with van der Waals surface area (Å²) in [4.78, 5) is 38.3. The van der Waals surface area contributed by atoms with Crippen molar-refractivity contribution in [1.29, 1.82) is 0 Å². The molecule has 0 bridgehead atoms. The Morgan fingerprint density at radius 2 is 1.77 bits per heavy atom. The molecule has 0 aliphatic carbocycles. The number of likely N-dealkylation sites (tertiary alicyclic amines) is 1. The maximum absolute atomic E-state index is 12.5. The third kappa shape index (κ3) is 3.46. The lowest BCUT2D eigenvalue weighted by molar-refractivity contribution is -0.166. The highest BCUT2D eigenvalue weighted by Gasteiger charge is 2.55. The Balaban J connectivity index is 1.79. The molecule has 2 fully saturated rings. The zero-order valence-corrected chi connectivity index (χ0v) is 18.4. The fourth-order valence-corrected chi connectivity index (χ4v) is 4.79. The van der Waals surface area contributed by atoms with E-state index in [0.29, 0.717) is 18.1 Å². The van der Waals surface area contributed by atoms with Crippen LogP contribution in [0.1, 0.15) is 61.3 Å². The lowest BCUT2D eigenvalue weighted by atomic mass is 9.82. The van der Waals surface area contributed by atoms with Crippen molar-refractivity contribution < 1.29 is 33.7 Å². The zero-order chi connectivity index (χ0) is 22.5. The minimum atomic E-state index is -1.73. The van der Waals surface area contributed by atoms with Crippen LogP contribution in [-0.2, 0) is 25.5 Å². The topological polar surface area (TPSA) is 102 Å². The van der Waals surface area contributed by atoms with E-state index in [2.05, 4.69) is 0 Å². The molecule has 31 heavy (non-hydrogen) atoms. The lowest BCUT2D eigenvalue weighted by Gasteiger charge is -2.44. The standard InChI is InChI=1S/C23H29NO7/c1-12-13(2)21-15(14(3)20(12)30-19-7-5-6-10-29-19)11-16(23(4,31-21)22(27)28)24-17(25)8-9-18(24)26/h16,19H,5-11H2,1-4H3,(H,27,28)/t16?,19?,23-/m1/s1. The fourth-order valence-electron chi connectivity index (χ4n) is 4.79. The molecule has 1 aromatic rings. The van der Waals surface area contributed by atoms with Crippen molar-refractivity contribution in [1.82, 2.24) is 4.90 Å². The zero-order valence-electron chi connectivity index (χ0n) is 18.4. The predicted octanol–water partition coefficient (Wildman–Crippen LogP) is 2.81. The van der Waals surface area contributed by atoms with Gasteiger partial charge < -0.3 is 19.3 Å². The number of hydrogen-bond acceptors (Lipinski definition) is 6. The number of benzene rings is 1. The smallest absolute Gasteiger partial charge is 0.349 e. The van der Waals surface area contributed by atoms with E-state index < -0.39 is 17.6 Å². The first kappa shape index (κ1) is 21.6. The number of imide groups is 1. The summed E-state index contributed by atoms with van der Waals surface area (Å²) in [7, 11) is 0. The third-order valence-electron chi connectivity index (χ3n) is 6.87. The lowest BCUT2D eigenvalue weighted by Crippen LogP contribution is -2.63. The van der Waals surface area contributed by atoms with E-state index in [0.717, 1.165) is 46.4 Å². The van der Waals surface area contributed by atoms with Crippen LogP contribution in [0.4, 0.5) is 0 Å². The highest BCUT2D eigenvalue weighted by atomic mass is 16.7. The van der Waals surface area contributed by atoms with Crippen LogP contribution < -0.4 is 9.47 Å². The molecule has 2 amide bonds. The summed E-state index contributed by atoms with van der Waals surface area (Å²) < 4.78 is 18.1. The summed E-state index contributed by atoms with van der Waals surface area (Å²) in [6.07, 6.45) is 2.92. The number of carbonyl (C=O) groups is 3. The summed E-state index contributed by atoms with van der Waals surface area (Å²) in [6, 6.07) is -0.931. The van der Waals surface area contributed by atoms with Gasteiger partial charge >= 0.3 is 5.97 Å². The molecule has 0 radical (unpaired) electrons. The monoisotopic (exact) mass is 431 g/mol. The van der Waals surface area contributed by atoms with Crippen LogP contribution in [-0.4, -0.2) is 52.3 Å². The predicted molar refractivity (Wildman–Crippen MR) is 110 cm³/mol. The van der Waals surface area contributed by atoms with Gasteiger partial charge in [-0.15, -0.1) is 0 Å². The van der Waals surface area contributed by atoms with Gasteiger partial charge in [-0.2, -0.15) is 0 Å². The summed E-state index contributed by atoms with van der Waals surface area (Å²) >= 11 is 0. The van der Waals surface area contributed by atoms with Crippen LogP contribution >= 0.6 is 0 Å². The molecule has 2 unspecified atom stereocenters. The van der Waals surface area contributed by atoms with Crippen molar-refractivity contribution in [2.24, 2.45) is 0 Å². The average Bonchev–Trinajstić information content (AvgIpc) is 3.08. The second kappa shape index (κ2) is 7.82. The van der Waals surface area contributed by atoms with Gasteiger partial charge in [-0.25, -0.2) is 4.79 Å². The first-order valence-corrected chi connectivity index (χ1v) is 10.8. The van der Waals surface area contributed by atoms with Crippen molar-refractivity contribution in [2.75, 3.05) is 6.61 Å². The average molecular weight is 431 g/mol. The second-order valence-electron chi connectivity index (χ2n) is 8.82. The van der Waals surface area contributed by atoms with Crippen LogP contribution in [0.2, 0.25) is 0 Å². The van der Waals surface area contributed by atoms with Gasteiger partial charge in [0.2, 0.25) is 17.4 Å². The van der Waals surface area contributed by atoms with Gasteiger partial charge in [0.05, 0.1) is 12.6 Å². The molecule has 0 spiro atoms. The highest BCUT2D eigenvalue weighted by Crippen LogP contribution is 2.46. The number of nitrogens with zero attached hydrogens (tertiary/aromatic N) is 1. The number of hydrogen-bond donors (Lipinski definition) is 1. The van der Waals surface area contributed by atoms with Gasteiger partial charge in [0.25, 0.3) is 0 Å². The highest BCUT2D eigenvalue weighted by molar-refractivity contribution is 6.03. The number of rotatable bonds is 4. The largest absolute Gasteiger partial charge is 0.478 e. The van der Waals surface area contributed by atoms with Crippen LogP contribution in [0.5, 0.6) is 11.5 Å². The molecule has 3 aliphatic heterocycles. The Hall–Kier alpha value is -2.61. The molecule has 8 heteroatoms. The van der Waals surface area contributed by atoms with Crippen LogP contribution in [0.15, 0.2) is 0 Å². The summed E-state index contributed by atoms with van der Waals surface area (Å²) in [6.45, 7) is 7.79. The molecule has 2 saturated heterocycles. The normalized spacial score (nSPS) is 28.3. The first-order chi connectivity index (χ1) is 14.6. The Kier molecular flexibility index (Phi) is 5.45. The quantitative estimate of drug-likeness (QED) is 0.731. The minimum absolute atomic E-state index is 0.0944. The van der Waals surface area contributed by atoms with E-state index in [9.17, 15) is 19.5 Å². The van der Waals surface area contributed by atoms with Crippen molar-refractivity contribution in [3.05, 3.63) is 22.3 Å². The van der Waals surface area contributed by atoms with Gasteiger partial charge in [-0.1, -0.05) is 0 Å². The minimum Gasteiger partial charge on any atom is -0.478 e. The Morgan fingerprint density at radius 3 is 2.35 bits per heavy atom. The number of carbonyl (C=O) groups excluding carboxylic acids is 2. The summed E-state index contributed by atoms with van der Waals surface area (Å²) in [5.41, 5.74) is 1.51.